The van der Waals surface area contributed by atoms with Gasteiger partial charge in [-0.25, -0.2) is 4.79 Å². The van der Waals surface area contributed by atoms with Crippen molar-refractivity contribution < 1.29 is 14.6 Å². The minimum Gasteiger partial charge on any atom is -0.487 e. The standard InChI is InChI=1S/C25H19N3O5/c29-23-21(12-16-5-2-1-3-6-16)27-24(30)22(28-23)13-19-9-10-20(14-26-19)33-15-17-7-4-8-18(11-17)25(31)32/h1-14H,15H2,(H,27,30)(H,28,29)(H,31,32)/b21-12-,22-13-. The van der Waals surface area contributed by atoms with Crippen molar-refractivity contribution in [2.24, 2.45) is 0 Å². The number of H-pyrrole nitrogens is 2. The first kappa shape index (κ1) is 21.5. The van der Waals surface area contributed by atoms with Crippen LogP contribution in [0.3, 0.4) is 0 Å². The quantitative estimate of drug-likeness (QED) is 0.415. The molecule has 8 heteroatoms. The molecule has 0 bridgehead atoms. The number of hydrogen-bond donors (Lipinski definition) is 3. The molecule has 3 N–H and O–H groups in total. The summed E-state index contributed by atoms with van der Waals surface area (Å²) in [6.07, 6.45) is 4.55. The molecule has 0 amide bonds. The lowest BCUT2D eigenvalue weighted by Crippen LogP contribution is -2.46. The van der Waals surface area contributed by atoms with Crippen molar-refractivity contribution in [2.45, 2.75) is 6.61 Å². The highest BCUT2D eigenvalue weighted by atomic mass is 16.5. The summed E-state index contributed by atoms with van der Waals surface area (Å²) in [6, 6.07) is 19.0. The average Bonchev–Trinajstić information content (AvgIpc) is 2.82. The van der Waals surface area contributed by atoms with Crippen LogP contribution in [0, 0.1) is 0 Å². The molecule has 2 aromatic carbocycles. The summed E-state index contributed by atoms with van der Waals surface area (Å²) in [5.41, 5.74) is 1.27. The molecule has 8 nitrogen and oxygen atoms in total. The predicted molar refractivity (Wildman–Crippen MR) is 122 cm³/mol. The maximum Gasteiger partial charge on any atom is 0.335 e. The number of nitrogens with zero attached hydrogens (tertiary/aromatic N) is 1. The summed E-state index contributed by atoms with van der Waals surface area (Å²) in [7, 11) is 0. The Morgan fingerprint density at radius 3 is 2.30 bits per heavy atom. The van der Waals surface area contributed by atoms with Crippen LogP contribution in [0.1, 0.15) is 27.2 Å². The molecule has 0 radical (unpaired) electrons. The van der Waals surface area contributed by atoms with Crippen molar-refractivity contribution in [1.82, 2.24) is 15.0 Å². The van der Waals surface area contributed by atoms with Gasteiger partial charge in [0.15, 0.2) is 0 Å². The molecule has 0 aliphatic heterocycles. The van der Waals surface area contributed by atoms with E-state index in [0.717, 1.165) is 5.56 Å². The van der Waals surface area contributed by atoms with Crippen LogP contribution in [-0.2, 0) is 6.61 Å². The maximum atomic E-state index is 12.4. The number of nitrogens with one attached hydrogen (secondary N) is 2. The van der Waals surface area contributed by atoms with Crippen molar-refractivity contribution in [1.29, 1.82) is 0 Å². The van der Waals surface area contributed by atoms with Crippen LogP contribution in [0.4, 0.5) is 0 Å². The molecule has 0 aliphatic rings. The SMILES string of the molecule is O=C(O)c1cccc(COc2ccc(/C=c3\[nH]c(=O)/c(=C/c4ccccc4)[nH]c3=O)nc2)c1. The number of ether oxygens (including phenoxy) is 1. The molecule has 0 aliphatic carbocycles. The van der Waals surface area contributed by atoms with Gasteiger partial charge in [0.25, 0.3) is 11.1 Å². The zero-order chi connectivity index (χ0) is 23.2. The number of carboxylic acid groups (broad SMARTS) is 1. The summed E-state index contributed by atoms with van der Waals surface area (Å²) in [5, 5.41) is 9.30. The molecule has 2 heterocycles. The van der Waals surface area contributed by atoms with E-state index in [1.807, 2.05) is 30.3 Å². The van der Waals surface area contributed by atoms with Crippen LogP contribution >= 0.6 is 0 Å². The summed E-state index contributed by atoms with van der Waals surface area (Å²) < 4.78 is 5.65. The van der Waals surface area contributed by atoms with Crippen LogP contribution in [0.25, 0.3) is 12.2 Å². The zero-order valence-corrected chi connectivity index (χ0v) is 17.3. The molecule has 164 valence electrons. The van der Waals surface area contributed by atoms with Gasteiger partial charge in [-0.1, -0.05) is 42.5 Å². The number of carbonyl (C=O) groups is 1. The zero-order valence-electron chi connectivity index (χ0n) is 17.3. The largest absolute Gasteiger partial charge is 0.487 e. The van der Waals surface area contributed by atoms with E-state index in [2.05, 4.69) is 15.0 Å². The molecular weight excluding hydrogens is 422 g/mol. The van der Waals surface area contributed by atoms with Gasteiger partial charge in [0.2, 0.25) is 0 Å². The summed E-state index contributed by atoms with van der Waals surface area (Å²) in [5.74, 6) is -0.527. The Balaban J connectivity index is 1.52. The lowest BCUT2D eigenvalue weighted by molar-refractivity contribution is 0.0696. The molecular formula is C25H19N3O5. The van der Waals surface area contributed by atoms with Gasteiger partial charge in [-0.2, -0.15) is 0 Å². The monoisotopic (exact) mass is 441 g/mol. The van der Waals surface area contributed by atoms with Crippen molar-refractivity contribution >= 4 is 18.1 Å². The van der Waals surface area contributed by atoms with Gasteiger partial charge in [-0.05, 0) is 47.5 Å². The van der Waals surface area contributed by atoms with E-state index < -0.39 is 17.1 Å². The fourth-order valence-corrected chi connectivity index (χ4v) is 3.08. The third-order valence-electron chi connectivity index (χ3n) is 4.73. The Morgan fingerprint density at radius 2 is 1.64 bits per heavy atom. The third kappa shape index (κ3) is 5.50. The lowest BCUT2D eigenvalue weighted by Gasteiger charge is -2.06. The Hall–Kier alpha value is -4.72. The number of aromatic nitrogens is 3. The molecule has 2 aromatic heterocycles. The molecule has 0 fully saturated rings. The van der Waals surface area contributed by atoms with Crippen LogP contribution < -0.4 is 26.6 Å². The Morgan fingerprint density at radius 1 is 0.909 bits per heavy atom. The van der Waals surface area contributed by atoms with Crippen molar-refractivity contribution in [3.8, 4) is 5.75 Å². The number of aromatic amines is 2. The van der Waals surface area contributed by atoms with Crippen LogP contribution in [0.15, 0.2) is 82.5 Å². The molecule has 0 saturated heterocycles. The van der Waals surface area contributed by atoms with Crippen LogP contribution in [0.2, 0.25) is 0 Å². The number of benzene rings is 2. The van der Waals surface area contributed by atoms with Gasteiger partial charge in [0.05, 0.1) is 17.5 Å². The third-order valence-corrected chi connectivity index (χ3v) is 4.73. The number of rotatable bonds is 6. The van der Waals surface area contributed by atoms with E-state index in [1.165, 1.54) is 18.3 Å². The van der Waals surface area contributed by atoms with Crippen molar-refractivity contribution in [3.63, 3.8) is 0 Å². The van der Waals surface area contributed by atoms with E-state index in [0.29, 0.717) is 17.0 Å². The molecule has 0 unspecified atom stereocenters. The topological polar surface area (TPSA) is 125 Å². The molecule has 33 heavy (non-hydrogen) atoms. The first-order valence-corrected chi connectivity index (χ1v) is 10.0. The number of hydrogen-bond acceptors (Lipinski definition) is 5. The first-order valence-electron chi connectivity index (χ1n) is 10.0. The van der Waals surface area contributed by atoms with Gasteiger partial charge in [0, 0.05) is 0 Å². The fourth-order valence-electron chi connectivity index (χ4n) is 3.08. The number of carboxylic acids is 1. The molecule has 4 rings (SSSR count). The number of pyridine rings is 1. The minimum atomic E-state index is -1.00. The van der Waals surface area contributed by atoms with Gasteiger partial charge < -0.3 is 19.8 Å². The fraction of sp³-hybridized carbons (Fsp3) is 0.0400. The van der Waals surface area contributed by atoms with Gasteiger partial charge >= 0.3 is 5.97 Å². The highest BCUT2D eigenvalue weighted by Gasteiger charge is 2.04. The minimum absolute atomic E-state index is 0.0804. The van der Waals surface area contributed by atoms with Crippen molar-refractivity contribution in [2.75, 3.05) is 0 Å². The van der Waals surface area contributed by atoms with Gasteiger partial charge in [-0.3, -0.25) is 14.6 Å². The lowest BCUT2D eigenvalue weighted by atomic mass is 10.1. The molecule has 0 saturated carbocycles. The summed E-state index contributed by atoms with van der Waals surface area (Å²) in [4.78, 5) is 45.3. The first-order chi connectivity index (χ1) is 16.0. The summed E-state index contributed by atoms with van der Waals surface area (Å²) in [6.45, 7) is 0.179. The maximum absolute atomic E-state index is 12.4. The highest BCUT2D eigenvalue weighted by Crippen LogP contribution is 2.13. The summed E-state index contributed by atoms with van der Waals surface area (Å²) >= 11 is 0. The second kappa shape index (κ2) is 9.61. The van der Waals surface area contributed by atoms with E-state index in [4.69, 9.17) is 9.84 Å². The molecule has 0 spiro atoms. The second-order valence-electron chi connectivity index (χ2n) is 7.15. The van der Waals surface area contributed by atoms with Crippen LogP contribution in [0.5, 0.6) is 5.75 Å². The molecule has 4 aromatic rings. The smallest absolute Gasteiger partial charge is 0.335 e. The second-order valence-corrected chi connectivity index (χ2v) is 7.15. The van der Waals surface area contributed by atoms with E-state index in [9.17, 15) is 14.4 Å². The van der Waals surface area contributed by atoms with Crippen LogP contribution in [-0.4, -0.2) is 26.0 Å². The Labute approximate surface area is 187 Å². The molecule has 0 atom stereocenters. The van der Waals surface area contributed by atoms with Gasteiger partial charge in [-0.15, -0.1) is 0 Å². The highest BCUT2D eigenvalue weighted by molar-refractivity contribution is 5.87. The predicted octanol–water partition coefficient (Wildman–Crippen LogP) is 1.39. The van der Waals surface area contributed by atoms with E-state index in [-0.39, 0.29) is 22.9 Å². The Kier molecular flexibility index (Phi) is 6.26. The van der Waals surface area contributed by atoms with Gasteiger partial charge in [0.1, 0.15) is 23.1 Å². The number of aromatic carboxylic acids is 1. The van der Waals surface area contributed by atoms with Crippen molar-refractivity contribution in [3.05, 3.63) is 127 Å². The Bertz CT molecular complexity index is 1520. The van der Waals surface area contributed by atoms with E-state index >= 15 is 0 Å². The van der Waals surface area contributed by atoms with E-state index in [1.54, 1.807) is 36.4 Å². The average molecular weight is 441 g/mol. The normalized spacial score (nSPS) is 12.0.